The molecule has 31 heavy (non-hydrogen) atoms. The molecule has 0 bridgehead atoms. The Morgan fingerprint density at radius 1 is 1.13 bits per heavy atom. The molecule has 0 aliphatic heterocycles. The fraction of sp³-hybridized carbons (Fsp3) is 0.545. The summed E-state index contributed by atoms with van der Waals surface area (Å²) < 4.78 is 5.46. The minimum Gasteiger partial charge on any atom is -0.493 e. The molecule has 2 amide bonds. The van der Waals surface area contributed by atoms with Crippen LogP contribution in [0.5, 0.6) is 5.75 Å². The van der Waals surface area contributed by atoms with Crippen LogP contribution in [0.3, 0.4) is 0 Å². The van der Waals surface area contributed by atoms with Crippen LogP contribution in [0, 0.1) is 11.8 Å². The molecule has 9 nitrogen and oxygen atoms in total. The van der Waals surface area contributed by atoms with Crippen molar-refractivity contribution in [2.24, 2.45) is 17.6 Å². The van der Waals surface area contributed by atoms with Gasteiger partial charge in [0.25, 0.3) is 0 Å². The van der Waals surface area contributed by atoms with Crippen LogP contribution >= 0.6 is 0 Å². The van der Waals surface area contributed by atoms with Crippen LogP contribution in [0.15, 0.2) is 30.3 Å². The fourth-order valence-electron chi connectivity index (χ4n) is 3.13. The summed E-state index contributed by atoms with van der Waals surface area (Å²) in [7, 11) is 0. The second-order valence-corrected chi connectivity index (χ2v) is 8.11. The van der Waals surface area contributed by atoms with Gasteiger partial charge in [-0.2, -0.15) is 0 Å². The molecule has 9 heteroatoms. The molecule has 0 aliphatic carbocycles. The molecule has 0 saturated heterocycles. The Bertz CT molecular complexity index is 753. The molecular formula is C22H33N3O6. The second-order valence-electron chi connectivity index (χ2n) is 8.11. The zero-order valence-corrected chi connectivity index (χ0v) is 18.3. The number of ketones is 2. The highest BCUT2D eigenvalue weighted by molar-refractivity contribution is 6.40. The minimum atomic E-state index is -1.80. The normalized spacial score (nSPS) is 13.7. The first-order valence-electron chi connectivity index (χ1n) is 10.4. The molecule has 0 saturated carbocycles. The van der Waals surface area contributed by atoms with Crippen LogP contribution in [-0.4, -0.2) is 47.5 Å². The van der Waals surface area contributed by atoms with Crippen LogP contribution in [-0.2, 0) is 14.4 Å². The molecule has 0 spiro atoms. The van der Waals surface area contributed by atoms with Crippen molar-refractivity contribution < 1.29 is 29.0 Å². The number of amides is 2. The molecule has 0 aromatic heterocycles. The zero-order chi connectivity index (χ0) is 23.4. The van der Waals surface area contributed by atoms with E-state index >= 15 is 0 Å². The number of carboxylic acid groups (broad SMARTS) is 1. The van der Waals surface area contributed by atoms with E-state index in [2.05, 4.69) is 10.6 Å². The number of hydrogen-bond donors (Lipinski definition) is 4. The summed E-state index contributed by atoms with van der Waals surface area (Å²) in [5.74, 6) is -1.62. The Morgan fingerprint density at radius 3 is 2.35 bits per heavy atom. The zero-order valence-electron chi connectivity index (χ0n) is 18.3. The van der Waals surface area contributed by atoms with Crippen molar-refractivity contribution in [2.75, 3.05) is 13.2 Å². The standard InChI is InChI=1S/C22H33N3O6/c1-15(2)14-22(23,25-19(27)13-16(3)9-11-24-21(29)30)20(28)18(26)10-12-31-17-7-5-4-6-8-17/h4-8,15-16,24H,9-14,23H2,1-3H3,(H,25,27)(H,29,30). The molecule has 0 fully saturated rings. The topological polar surface area (TPSA) is 148 Å². The largest absolute Gasteiger partial charge is 0.493 e. The summed E-state index contributed by atoms with van der Waals surface area (Å²) in [6.45, 7) is 5.70. The van der Waals surface area contributed by atoms with Gasteiger partial charge in [-0.25, -0.2) is 4.79 Å². The maximum Gasteiger partial charge on any atom is 0.404 e. The van der Waals surface area contributed by atoms with Gasteiger partial charge in [-0.3, -0.25) is 14.4 Å². The molecule has 0 aliphatic rings. The molecule has 5 N–H and O–H groups in total. The quantitative estimate of drug-likeness (QED) is 0.258. The van der Waals surface area contributed by atoms with Gasteiger partial charge >= 0.3 is 6.09 Å². The predicted octanol–water partition coefficient (Wildman–Crippen LogP) is 2.09. The van der Waals surface area contributed by atoms with E-state index in [0.29, 0.717) is 12.2 Å². The summed E-state index contributed by atoms with van der Waals surface area (Å²) in [4.78, 5) is 48.2. The van der Waals surface area contributed by atoms with Crippen molar-refractivity contribution in [3.8, 4) is 5.75 Å². The Kier molecular flexibility index (Phi) is 10.7. The first-order chi connectivity index (χ1) is 14.5. The van der Waals surface area contributed by atoms with Gasteiger partial charge in [0.05, 0.1) is 6.61 Å². The van der Waals surface area contributed by atoms with E-state index in [1.54, 1.807) is 31.2 Å². The van der Waals surface area contributed by atoms with Crippen LogP contribution in [0.25, 0.3) is 0 Å². The van der Waals surface area contributed by atoms with E-state index < -0.39 is 29.2 Å². The lowest BCUT2D eigenvalue weighted by Gasteiger charge is -2.30. The van der Waals surface area contributed by atoms with Gasteiger partial charge in [-0.1, -0.05) is 39.0 Å². The smallest absolute Gasteiger partial charge is 0.404 e. The molecule has 1 aromatic carbocycles. The lowest BCUT2D eigenvalue weighted by Crippen LogP contribution is -2.64. The van der Waals surface area contributed by atoms with Gasteiger partial charge in [-0.15, -0.1) is 0 Å². The van der Waals surface area contributed by atoms with Crippen molar-refractivity contribution in [3.05, 3.63) is 30.3 Å². The van der Waals surface area contributed by atoms with Crippen molar-refractivity contribution >= 4 is 23.6 Å². The highest BCUT2D eigenvalue weighted by Crippen LogP contribution is 2.16. The number of benzene rings is 1. The van der Waals surface area contributed by atoms with Gasteiger partial charge in [0.2, 0.25) is 17.5 Å². The third-order valence-corrected chi connectivity index (χ3v) is 4.54. The first-order valence-corrected chi connectivity index (χ1v) is 10.4. The number of carbonyl (C=O) groups is 4. The van der Waals surface area contributed by atoms with Gasteiger partial charge in [-0.05, 0) is 36.8 Å². The van der Waals surface area contributed by atoms with Gasteiger partial charge in [0.1, 0.15) is 5.75 Å². The summed E-state index contributed by atoms with van der Waals surface area (Å²) in [5.41, 5.74) is 4.41. The van der Waals surface area contributed by atoms with E-state index in [4.69, 9.17) is 15.6 Å². The monoisotopic (exact) mass is 435 g/mol. The Balaban J connectivity index is 2.65. The number of nitrogens with two attached hydrogens (primary N) is 1. The summed E-state index contributed by atoms with van der Waals surface area (Å²) in [6, 6.07) is 8.91. The summed E-state index contributed by atoms with van der Waals surface area (Å²) in [5, 5.41) is 13.4. The van der Waals surface area contributed by atoms with Crippen LogP contribution < -0.4 is 21.1 Å². The van der Waals surface area contributed by atoms with Crippen molar-refractivity contribution in [1.29, 1.82) is 0 Å². The van der Waals surface area contributed by atoms with E-state index in [0.717, 1.165) is 0 Å². The van der Waals surface area contributed by atoms with Crippen molar-refractivity contribution in [3.63, 3.8) is 0 Å². The lowest BCUT2D eigenvalue weighted by molar-refractivity contribution is -0.143. The average molecular weight is 436 g/mol. The third-order valence-electron chi connectivity index (χ3n) is 4.54. The number of nitrogens with one attached hydrogen (secondary N) is 2. The summed E-state index contributed by atoms with van der Waals surface area (Å²) >= 11 is 0. The van der Waals surface area contributed by atoms with Gasteiger partial charge in [0.15, 0.2) is 5.66 Å². The number of carbonyl (C=O) groups excluding carboxylic acids is 3. The van der Waals surface area contributed by atoms with E-state index in [1.807, 2.05) is 19.9 Å². The fourth-order valence-corrected chi connectivity index (χ4v) is 3.13. The number of ether oxygens (including phenoxy) is 1. The maximum absolute atomic E-state index is 12.8. The molecule has 2 unspecified atom stereocenters. The van der Waals surface area contributed by atoms with E-state index in [9.17, 15) is 19.2 Å². The van der Waals surface area contributed by atoms with Gasteiger partial charge < -0.3 is 26.2 Å². The van der Waals surface area contributed by atoms with E-state index in [1.165, 1.54) is 0 Å². The number of Topliss-reactive ketones (excluding diaryl/α,β-unsaturated/α-hetero) is 2. The van der Waals surface area contributed by atoms with Crippen LogP contribution in [0.1, 0.15) is 46.5 Å². The Hall–Kier alpha value is -2.94. The second kappa shape index (κ2) is 12.7. The minimum absolute atomic E-state index is 0.0217. The van der Waals surface area contributed by atoms with Crippen molar-refractivity contribution in [2.45, 2.75) is 52.1 Å². The Labute approximate surface area is 182 Å². The molecule has 0 radical (unpaired) electrons. The molecule has 172 valence electrons. The van der Waals surface area contributed by atoms with E-state index in [-0.39, 0.29) is 44.2 Å². The maximum atomic E-state index is 12.8. The number of hydrogen-bond acceptors (Lipinski definition) is 6. The third kappa shape index (κ3) is 10.1. The highest BCUT2D eigenvalue weighted by Gasteiger charge is 2.40. The molecule has 1 rings (SSSR count). The average Bonchev–Trinajstić information content (AvgIpc) is 2.66. The Morgan fingerprint density at radius 2 is 1.77 bits per heavy atom. The van der Waals surface area contributed by atoms with Gasteiger partial charge in [0, 0.05) is 19.4 Å². The molecule has 2 atom stereocenters. The van der Waals surface area contributed by atoms with Crippen LogP contribution in [0.2, 0.25) is 0 Å². The number of rotatable bonds is 14. The van der Waals surface area contributed by atoms with Crippen molar-refractivity contribution in [1.82, 2.24) is 10.6 Å². The summed E-state index contributed by atoms with van der Waals surface area (Å²) in [6.07, 6.45) is -0.674. The molecule has 0 heterocycles. The predicted molar refractivity (Wildman–Crippen MR) is 116 cm³/mol. The first kappa shape index (κ1) is 26.1. The molecular weight excluding hydrogens is 402 g/mol. The van der Waals surface area contributed by atoms with Crippen LogP contribution in [0.4, 0.5) is 4.79 Å². The molecule has 1 aromatic rings. The lowest BCUT2D eigenvalue weighted by atomic mass is 9.90. The SMILES string of the molecule is CC(C)CC(N)(NC(=O)CC(C)CCNC(=O)O)C(=O)C(=O)CCOc1ccccc1. The highest BCUT2D eigenvalue weighted by atomic mass is 16.5. The number of para-hydroxylation sites is 1.